The van der Waals surface area contributed by atoms with Crippen LogP contribution >= 0.6 is 11.6 Å². The van der Waals surface area contributed by atoms with E-state index in [4.69, 9.17) is 22.1 Å². The van der Waals surface area contributed by atoms with Gasteiger partial charge in [-0.15, -0.1) is 10.2 Å². The number of hydrogen-bond acceptors (Lipinski definition) is 6. The third-order valence-electron chi connectivity index (χ3n) is 3.80. The van der Waals surface area contributed by atoms with E-state index in [1.165, 1.54) is 0 Å². The molecule has 1 aliphatic heterocycles. The van der Waals surface area contributed by atoms with Crippen molar-refractivity contribution in [3.63, 3.8) is 0 Å². The molecule has 8 heteroatoms. The van der Waals surface area contributed by atoms with E-state index in [1.807, 2.05) is 0 Å². The molecule has 0 bridgehead atoms. The van der Waals surface area contributed by atoms with E-state index in [-0.39, 0.29) is 11.6 Å². The third-order valence-corrected chi connectivity index (χ3v) is 4.03. The third kappa shape index (κ3) is 3.69. The molecule has 0 spiro atoms. The standard InChI is InChI=1S/C15H18ClN5O2/c16-10-1-2-11-12(9-10)19-20-14(13(11)17)15(22)18-3-4-21-5-7-23-8-6-21/h1-2,9H,3-8H2,(H2,17,19)(H,18,22). The zero-order chi connectivity index (χ0) is 16.2. The van der Waals surface area contributed by atoms with Gasteiger partial charge in [0.15, 0.2) is 5.69 Å². The van der Waals surface area contributed by atoms with Crippen LogP contribution in [0.2, 0.25) is 5.02 Å². The number of ether oxygens (including phenoxy) is 1. The van der Waals surface area contributed by atoms with Crippen molar-refractivity contribution in [3.05, 3.63) is 28.9 Å². The number of nitrogens with one attached hydrogen (secondary N) is 1. The van der Waals surface area contributed by atoms with E-state index < -0.39 is 0 Å². The number of nitrogen functional groups attached to an aromatic ring is 1. The lowest BCUT2D eigenvalue weighted by Crippen LogP contribution is -2.41. The fourth-order valence-electron chi connectivity index (χ4n) is 2.50. The van der Waals surface area contributed by atoms with Gasteiger partial charge in [-0.3, -0.25) is 9.69 Å². The molecule has 0 aliphatic carbocycles. The summed E-state index contributed by atoms with van der Waals surface area (Å²) < 4.78 is 5.29. The van der Waals surface area contributed by atoms with Crippen LogP contribution < -0.4 is 11.1 Å². The predicted octanol–water partition coefficient (Wildman–Crippen LogP) is 0.927. The zero-order valence-electron chi connectivity index (χ0n) is 12.6. The number of nitrogens with zero attached hydrogens (tertiary/aromatic N) is 3. The van der Waals surface area contributed by atoms with Crippen molar-refractivity contribution >= 4 is 34.1 Å². The van der Waals surface area contributed by atoms with Crippen LogP contribution in [-0.4, -0.2) is 60.4 Å². The van der Waals surface area contributed by atoms with E-state index in [0.29, 0.717) is 28.2 Å². The van der Waals surface area contributed by atoms with Crippen LogP contribution in [0.4, 0.5) is 5.69 Å². The molecule has 3 N–H and O–H groups in total. The van der Waals surface area contributed by atoms with Crippen LogP contribution in [-0.2, 0) is 4.74 Å². The maximum atomic E-state index is 12.3. The molecule has 1 amide bonds. The summed E-state index contributed by atoms with van der Waals surface area (Å²) in [5.41, 5.74) is 7.08. The summed E-state index contributed by atoms with van der Waals surface area (Å²) in [6.45, 7) is 4.53. The number of anilines is 1. The average molecular weight is 336 g/mol. The molecular formula is C15H18ClN5O2. The minimum atomic E-state index is -0.319. The Balaban J connectivity index is 1.66. The van der Waals surface area contributed by atoms with Gasteiger partial charge < -0.3 is 15.8 Å². The van der Waals surface area contributed by atoms with Crippen molar-refractivity contribution in [1.82, 2.24) is 20.4 Å². The van der Waals surface area contributed by atoms with Gasteiger partial charge in [0, 0.05) is 36.6 Å². The first-order chi connectivity index (χ1) is 11.1. The molecule has 1 aromatic carbocycles. The first-order valence-electron chi connectivity index (χ1n) is 7.45. The van der Waals surface area contributed by atoms with Crippen LogP contribution in [0.25, 0.3) is 10.9 Å². The monoisotopic (exact) mass is 335 g/mol. The number of morpholine rings is 1. The Hall–Kier alpha value is -1.96. The Bertz CT molecular complexity index is 718. The van der Waals surface area contributed by atoms with Crippen molar-refractivity contribution in [2.24, 2.45) is 0 Å². The normalized spacial score (nSPS) is 15.7. The molecule has 0 saturated carbocycles. The van der Waals surface area contributed by atoms with E-state index in [2.05, 4.69) is 20.4 Å². The quantitative estimate of drug-likeness (QED) is 0.863. The number of rotatable bonds is 4. The first-order valence-corrected chi connectivity index (χ1v) is 7.82. The Kier molecular flexibility index (Phi) is 4.90. The maximum absolute atomic E-state index is 12.3. The largest absolute Gasteiger partial charge is 0.396 e. The molecule has 0 unspecified atom stereocenters. The molecule has 1 saturated heterocycles. The molecule has 23 heavy (non-hydrogen) atoms. The Morgan fingerprint density at radius 3 is 2.91 bits per heavy atom. The summed E-state index contributed by atoms with van der Waals surface area (Å²) in [5.74, 6) is -0.319. The van der Waals surface area contributed by atoms with Crippen molar-refractivity contribution in [1.29, 1.82) is 0 Å². The summed E-state index contributed by atoms with van der Waals surface area (Å²) in [7, 11) is 0. The Morgan fingerprint density at radius 1 is 1.35 bits per heavy atom. The number of amides is 1. The van der Waals surface area contributed by atoms with Gasteiger partial charge in [0.05, 0.1) is 24.4 Å². The lowest BCUT2D eigenvalue weighted by molar-refractivity contribution is 0.0383. The molecule has 2 heterocycles. The molecule has 2 aromatic rings. The molecular weight excluding hydrogens is 318 g/mol. The lowest BCUT2D eigenvalue weighted by Gasteiger charge is -2.26. The highest BCUT2D eigenvalue weighted by molar-refractivity contribution is 6.31. The number of aromatic nitrogens is 2. The van der Waals surface area contributed by atoms with Gasteiger partial charge in [-0.1, -0.05) is 11.6 Å². The Labute approximate surface area is 138 Å². The van der Waals surface area contributed by atoms with Gasteiger partial charge in [0.1, 0.15) is 0 Å². The second-order valence-corrected chi connectivity index (χ2v) is 5.77. The molecule has 1 aromatic heterocycles. The lowest BCUT2D eigenvalue weighted by atomic mass is 10.1. The van der Waals surface area contributed by atoms with E-state index >= 15 is 0 Å². The predicted molar refractivity (Wildman–Crippen MR) is 88.6 cm³/mol. The number of nitrogens with two attached hydrogens (primary N) is 1. The van der Waals surface area contributed by atoms with E-state index in [9.17, 15) is 4.79 Å². The van der Waals surface area contributed by atoms with E-state index in [1.54, 1.807) is 18.2 Å². The molecule has 122 valence electrons. The van der Waals surface area contributed by atoms with Crippen LogP contribution in [0, 0.1) is 0 Å². The fourth-order valence-corrected chi connectivity index (χ4v) is 2.67. The molecule has 1 aliphatic rings. The number of benzene rings is 1. The first kappa shape index (κ1) is 15.9. The van der Waals surface area contributed by atoms with Gasteiger partial charge in [0.25, 0.3) is 5.91 Å². The van der Waals surface area contributed by atoms with Crippen molar-refractivity contribution in [3.8, 4) is 0 Å². The number of fused-ring (bicyclic) bond motifs is 1. The summed E-state index contributed by atoms with van der Waals surface area (Å²) in [4.78, 5) is 14.5. The number of halogens is 1. The van der Waals surface area contributed by atoms with E-state index in [0.717, 1.165) is 32.8 Å². The van der Waals surface area contributed by atoms with Crippen LogP contribution in [0.5, 0.6) is 0 Å². The molecule has 1 fully saturated rings. The Morgan fingerprint density at radius 2 is 2.13 bits per heavy atom. The number of carbonyl (C=O) groups is 1. The maximum Gasteiger partial charge on any atom is 0.274 e. The van der Waals surface area contributed by atoms with Crippen LogP contribution in [0.3, 0.4) is 0 Å². The average Bonchev–Trinajstić information content (AvgIpc) is 2.56. The zero-order valence-corrected chi connectivity index (χ0v) is 13.3. The second-order valence-electron chi connectivity index (χ2n) is 5.33. The minimum absolute atomic E-state index is 0.141. The van der Waals surface area contributed by atoms with Crippen molar-refractivity contribution < 1.29 is 9.53 Å². The smallest absolute Gasteiger partial charge is 0.274 e. The number of hydrogen-bond donors (Lipinski definition) is 2. The van der Waals surface area contributed by atoms with Crippen LogP contribution in [0.1, 0.15) is 10.5 Å². The van der Waals surface area contributed by atoms with Gasteiger partial charge in [-0.25, -0.2) is 0 Å². The topological polar surface area (TPSA) is 93.4 Å². The SMILES string of the molecule is Nc1c(C(=O)NCCN2CCOCC2)nnc2cc(Cl)ccc12. The molecule has 0 radical (unpaired) electrons. The van der Waals surface area contributed by atoms with Crippen LogP contribution in [0.15, 0.2) is 18.2 Å². The summed E-state index contributed by atoms with van der Waals surface area (Å²) in [6.07, 6.45) is 0. The minimum Gasteiger partial charge on any atom is -0.396 e. The second kappa shape index (κ2) is 7.08. The molecule has 3 rings (SSSR count). The molecule has 0 atom stereocenters. The summed E-state index contributed by atoms with van der Waals surface area (Å²) in [6, 6.07) is 5.12. The van der Waals surface area contributed by atoms with Gasteiger partial charge in [-0.05, 0) is 18.2 Å². The number of carbonyl (C=O) groups excluding carboxylic acids is 1. The summed E-state index contributed by atoms with van der Waals surface area (Å²) >= 11 is 5.91. The van der Waals surface area contributed by atoms with Crippen molar-refractivity contribution in [2.75, 3.05) is 45.1 Å². The van der Waals surface area contributed by atoms with Crippen molar-refractivity contribution in [2.45, 2.75) is 0 Å². The van der Waals surface area contributed by atoms with Gasteiger partial charge in [-0.2, -0.15) is 0 Å². The highest BCUT2D eigenvalue weighted by atomic mass is 35.5. The fraction of sp³-hybridized carbons (Fsp3) is 0.400. The highest BCUT2D eigenvalue weighted by Crippen LogP contribution is 2.23. The van der Waals surface area contributed by atoms with Gasteiger partial charge >= 0.3 is 0 Å². The summed E-state index contributed by atoms with van der Waals surface area (Å²) in [5, 5.41) is 12.0. The molecule has 7 nitrogen and oxygen atoms in total. The van der Waals surface area contributed by atoms with Gasteiger partial charge in [0.2, 0.25) is 0 Å². The highest BCUT2D eigenvalue weighted by Gasteiger charge is 2.16.